The van der Waals surface area contributed by atoms with Gasteiger partial charge in [-0.3, -0.25) is 9.89 Å². The Hall–Kier alpha value is -3.55. The molecule has 0 aliphatic rings. The van der Waals surface area contributed by atoms with Gasteiger partial charge in [0.1, 0.15) is 17.3 Å². The zero-order chi connectivity index (χ0) is 22.2. The molecule has 164 valence electrons. The van der Waals surface area contributed by atoms with E-state index in [4.69, 9.17) is 9.47 Å². The summed E-state index contributed by atoms with van der Waals surface area (Å²) in [6.07, 6.45) is 3.10. The lowest BCUT2D eigenvalue weighted by Crippen LogP contribution is -2.23. The molecule has 2 N–H and O–H groups in total. The van der Waals surface area contributed by atoms with Gasteiger partial charge < -0.3 is 19.7 Å². The molecule has 8 heteroatoms. The van der Waals surface area contributed by atoms with Crippen LogP contribution in [0.25, 0.3) is 0 Å². The molecular formula is C23H29N5O3. The van der Waals surface area contributed by atoms with Crippen molar-refractivity contribution in [3.05, 3.63) is 59.4 Å². The number of aromatic nitrogens is 3. The monoisotopic (exact) mass is 423 g/mol. The van der Waals surface area contributed by atoms with Crippen molar-refractivity contribution in [3.63, 3.8) is 0 Å². The Kier molecular flexibility index (Phi) is 7.48. The summed E-state index contributed by atoms with van der Waals surface area (Å²) in [5, 5.41) is 9.99. The van der Waals surface area contributed by atoms with Gasteiger partial charge in [-0.25, -0.2) is 4.98 Å². The lowest BCUT2D eigenvalue weighted by atomic mass is 10.1. The summed E-state index contributed by atoms with van der Waals surface area (Å²) < 4.78 is 10.6. The second-order valence-electron chi connectivity index (χ2n) is 7.03. The molecule has 0 saturated carbocycles. The Morgan fingerprint density at radius 1 is 1.03 bits per heavy atom. The number of carbonyl (C=O) groups excluding carboxylic acids is 1. The second kappa shape index (κ2) is 10.5. The number of benzene rings is 1. The zero-order valence-electron chi connectivity index (χ0n) is 18.4. The van der Waals surface area contributed by atoms with Gasteiger partial charge in [0, 0.05) is 37.1 Å². The molecule has 0 atom stereocenters. The van der Waals surface area contributed by atoms with Crippen LogP contribution in [0.2, 0.25) is 0 Å². The third-order valence-corrected chi connectivity index (χ3v) is 5.06. The normalized spacial score (nSPS) is 10.6. The molecule has 3 aromatic rings. The highest BCUT2D eigenvalue weighted by molar-refractivity contribution is 6.03. The fraction of sp³-hybridized carbons (Fsp3) is 0.348. The van der Waals surface area contributed by atoms with Crippen LogP contribution in [0.3, 0.4) is 0 Å². The predicted octanol–water partition coefficient (Wildman–Crippen LogP) is 3.71. The number of ether oxygens (including phenoxy) is 2. The van der Waals surface area contributed by atoms with Crippen LogP contribution in [0.4, 0.5) is 11.6 Å². The van der Waals surface area contributed by atoms with Crippen molar-refractivity contribution in [2.75, 3.05) is 37.5 Å². The summed E-state index contributed by atoms with van der Waals surface area (Å²) in [6.45, 7) is 5.89. The van der Waals surface area contributed by atoms with Crippen LogP contribution in [0.1, 0.15) is 35.5 Å². The van der Waals surface area contributed by atoms with Gasteiger partial charge >= 0.3 is 0 Å². The third-order valence-electron chi connectivity index (χ3n) is 5.06. The molecule has 0 bridgehead atoms. The van der Waals surface area contributed by atoms with Crippen molar-refractivity contribution in [2.45, 2.75) is 26.7 Å². The Balaban J connectivity index is 1.59. The van der Waals surface area contributed by atoms with Gasteiger partial charge in [-0.15, -0.1) is 0 Å². The number of nitrogens with one attached hydrogen (secondary N) is 2. The van der Waals surface area contributed by atoms with E-state index in [1.165, 1.54) is 0 Å². The van der Waals surface area contributed by atoms with Crippen LogP contribution in [0, 0.1) is 0 Å². The van der Waals surface area contributed by atoms with Gasteiger partial charge in [0.15, 0.2) is 5.82 Å². The lowest BCUT2D eigenvalue weighted by Gasteiger charge is -2.19. The van der Waals surface area contributed by atoms with E-state index in [2.05, 4.69) is 39.2 Å². The molecule has 0 fully saturated rings. The summed E-state index contributed by atoms with van der Waals surface area (Å²) in [5.74, 6) is 2.61. The minimum Gasteiger partial charge on any atom is -0.497 e. The van der Waals surface area contributed by atoms with Gasteiger partial charge in [0.25, 0.3) is 5.91 Å². The van der Waals surface area contributed by atoms with Gasteiger partial charge in [-0.1, -0.05) is 0 Å². The summed E-state index contributed by atoms with van der Waals surface area (Å²) in [7, 11) is 3.27. The molecule has 0 spiro atoms. The minimum atomic E-state index is -0.242. The number of nitrogens with zero attached hydrogens (tertiary/aromatic N) is 3. The largest absolute Gasteiger partial charge is 0.497 e. The Morgan fingerprint density at radius 3 is 2.32 bits per heavy atom. The smallest absolute Gasteiger partial charge is 0.258 e. The van der Waals surface area contributed by atoms with Crippen molar-refractivity contribution in [1.29, 1.82) is 0 Å². The second-order valence-corrected chi connectivity index (χ2v) is 7.03. The number of hydrogen-bond donors (Lipinski definition) is 2. The van der Waals surface area contributed by atoms with Crippen molar-refractivity contribution in [3.8, 4) is 11.5 Å². The van der Waals surface area contributed by atoms with E-state index in [-0.39, 0.29) is 5.91 Å². The van der Waals surface area contributed by atoms with E-state index in [9.17, 15) is 4.79 Å². The van der Waals surface area contributed by atoms with Gasteiger partial charge in [-0.05, 0) is 56.5 Å². The first-order valence-corrected chi connectivity index (χ1v) is 10.3. The standard InChI is InChI=1S/C23H29N5O3/c1-5-28(6-2)22-10-8-17(15-24-22)23(29)25-21-13-18(26-27-21)9-7-16-11-19(30-3)14-20(12-16)31-4/h8,10-15H,5-7,9H2,1-4H3,(H2,25,26,27,29). The first-order valence-electron chi connectivity index (χ1n) is 10.3. The van der Waals surface area contributed by atoms with Crippen LogP contribution in [0.15, 0.2) is 42.6 Å². The first-order chi connectivity index (χ1) is 15.1. The minimum absolute atomic E-state index is 0.242. The van der Waals surface area contributed by atoms with E-state index < -0.39 is 0 Å². The molecule has 3 rings (SSSR count). The molecule has 2 aromatic heterocycles. The Morgan fingerprint density at radius 2 is 1.74 bits per heavy atom. The van der Waals surface area contributed by atoms with Crippen molar-refractivity contribution < 1.29 is 14.3 Å². The zero-order valence-corrected chi connectivity index (χ0v) is 18.4. The third kappa shape index (κ3) is 5.75. The van der Waals surface area contributed by atoms with Crippen LogP contribution in [-0.4, -0.2) is 48.4 Å². The number of hydrogen-bond acceptors (Lipinski definition) is 6. The molecule has 1 aromatic carbocycles. The number of aryl methyl sites for hydroxylation is 2. The van der Waals surface area contributed by atoms with Crippen molar-refractivity contribution >= 4 is 17.5 Å². The summed E-state index contributed by atoms with van der Waals surface area (Å²) >= 11 is 0. The molecular weight excluding hydrogens is 394 g/mol. The molecule has 31 heavy (non-hydrogen) atoms. The number of amides is 1. The molecule has 0 radical (unpaired) electrons. The lowest BCUT2D eigenvalue weighted by molar-refractivity contribution is 0.102. The molecule has 0 saturated heterocycles. The van der Waals surface area contributed by atoms with E-state index in [1.807, 2.05) is 30.3 Å². The number of aromatic amines is 1. The predicted molar refractivity (Wildman–Crippen MR) is 121 cm³/mol. The maximum Gasteiger partial charge on any atom is 0.258 e. The van der Waals surface area contributed by atoms with Crippen LogP contribution in [-0.2, 0) is 12.8 Å². The van der Waals surface area contributed by atoms with Gasteiger partial charge in [0.2, 0.25) is 0 Å². The highest BCUT2D eigenvalue weighted by Crippen LogP contribution is 2.23. The average molecular weight is 424 g/mol. The van der Waals surface area contributed by atoms with Gasteiger partial charge in [0.05, 0.1) is 19.8 Å². The van der Waals surface area contributed by atoms with Crippen LogP contribution < -0.4 is 19.7 Å². The van der Waals surface area contributed by atoms with Crippen LogP contribution in [0.5, 0.6) is 11.5 Å². The number of anilines is 2. The molecule has 1 amide bonds. The van der Waals surface area contributed by atoms with Gasteiger partial charge in [-0.2, -0.15) is 5.10 Å². The highest BCUT2D eigenvalue weighted by atomic mass is 16.5. The van der Waals surface area contributed by atoms with Crippen molar-refractivity contribution in [1.82, 2.24) is 15.2 Å². The summed E-state index contributed by atoms with van der Waals surface area (Å²) in [5.41, 5.74) is 2.51. The summed E-state index contributed by atoms with van der Waals surface area (Å²) in [4.78, 5) is 19.0. The molecule has 2 heterocycles. The van der Waals surface area contributed by atoms with E-state index >= 15 is 0 Å². The number of methoxy groups -OCH3 is 2. The first kappa shape index (κ1) is 22.1. The van der Waals surface area contributed by atoms with E-state index in [1.54, 1.807) is 26.5 Å². The van der Waals surface area contributed by atoms with Crippen molar-refractivity contribution in [2.24, 2.45) is 0 Å². The van der Waals surface area contributed by atoms with Crippen LogP contribution >= 0.6 is 0 Å². The number of pyridine rings is 1. The molecule has 0 aliphatic carbocycles. The maximum absolute atomic E-state index is 12.5. The Bertz CT molecular complexity index is 974. The fourth-order valence-corrected chi connectivity index (χ4v) is 3.29. The molecule has 0 aliphatic heterocycles. The molecule has 0 unspecified atom stereocenters. The average Bonchev–Trinajstić information content (AvgIpc) is 3.25. The number of rotatable bonds is 10. The number of carbonyl (C=O) groups is 1. The quantitative estimate of drug-likeness (QED) is 0.517. The highest BCUT2D eigenvalue weighted by Gasteiger charge is 2.11. The Labute approximate surface area is 182 Å². The fourth-order valence-electron chi connectivity index (χ4n) is 3.29. The topological polar surface area (TPSA) is 92.4 Å². The van der Waals surface area contributed by atoms with E-state index in [0.29, 0.717) is 11.4 Å². The SMILES string of the molecule is CCN(CC)c1ccc(C(=O)Nc2cc(CCc3cc(OC)cc(OC)c3)[nH]n2)cn1. The molecule has 8 nitrogen and oxygen atoms in total. The summed E-state index contributed by atoms with van der Waals surface area (Å²) in [6, 6.07) is 11.3. The number of H-pyrrole nitrogens is 1. The van der Waals surface area contributed by atoms with E-state index in [0.717, 1.165) is 54.5 Å². The maximum atomic E-state index is 12.5.